The van der Waals surface area contributed by atoms with Crippen molar-refractivity contribution >= 4 is 11.9 Å². The molecule has 0 bridgehead atoms. The first-order chi connectivity index (χ1) is 14.7. The average Bonchev–Trinajstić information content (AvgIpc) is 2.96. The molecule has 0 spiro atoms. The third-order valence-corrected chi connectivity index (χ3v) is 5.32. The Balaban J connectivity index is 1.61. The van der Waals surface area contributed by atoms with Crippen LogP contribution in [0.25, 0.3) is 0 Å². The SMILES string of the molecule is C=C(C)COc1ccc(C2(C)NC(=O)N(CCOc3ccc(C(C)C)cc3)C2=O)cc1. The summed E-state index contributed by atoms with van der Waals surface area (Å²) < 4.78 is 11.3. The Morgan fingerprint density at radius 2 is 1.61 bits per heavy atom. The Hall–Kier alpha value is -3.28. The van der Waals surface area contributed by atoms with Crippen LogP contribution in [0.3, 0.4) is 0 Å². The number of hydrogen-bond donors (Lipinski definition) is 1. The summed E-state index contributed by atoms with van der Waals surface area (Å²) >= 11 is 0. The molecule has 1 saturated heterocycles. The van der Waals surface area contributed by atoms with Crippen LogP contribution < -0.4 is 14.8 Å². The molecule has 6 heteroatoms. The van der Waals surface area contributed by atoms with E-state index in [1.165, 1.54) is 10.5 Å². The lowest BCUT2D eigenvalue weighted by Gasteiger charge is -2.22. The first kappa shape index (κ1) is 22.4. The van der Waals surface area contributed by atoms with E-state index in [0.717, 1.165) is 5.57 Å². The van der Waals surface area contributed by atoms with Crippen molar-refractivity contribution in [2.45, 2.75) is 39.2 Å². The summed E-state index contributed by atoms with van der Waals surface area (Å²) in [6, 6.07) is 14.6. The molecule has 31 heavy (non-hydrogen) atoms. The average molecular weight is 423 g/mol. The summed E-state index contributed by atoms with van der Waals surface area (Å²) in [5.74, 6) is 1.54. The number of rotatable bonds is 9. The smallest absolute Gasteiger partial charge is 0.325 e. The van der Waals surface area contributed by atoms with Gasteiger partial charge in [0.15, 0.2) is 0 Å². The van der Waals surface area contributed by atoms with E-state index in [4.69, 9.17) is 9.47 Å². The Morgan fingerprint density at radius 3 is 2.19 bits per heavy atom. The molecule has 3 amide bonds. The highest BCUT2D eigenvalue weighted by Gasteiger charge is 2.48. The van der Waals surface area contributed by atoms with Crippen LogP contribution in [0.15, 0.2) is 60.7 Å². The lowest BCUT2D eigenvalue weighted by molar-refractivity contribution is -0.131. The molecule has 2 aromatic rings. The fourth-order valence-electron chi connectivity index (χ4n) is 3.39. The third kappa shape index (κ3) is 5.08. The summed E-state index contributed by atoms with van der Waals surface area (Å²) in [5.41, 5.74) is 1.72. The second-order valence-electron chi connectivity index (χ2n) is 8.35. The highest BCUT2D eigenvalue weighted by atomic mass is 16.5. The van der Waals surface area contributed by atoms with Gasteiger partial charge in [-0.3, -0.25) is 9.69 Å². The van der Waals surface area contributed by atoms with Crippen LogP contribution >= 0.6 is 0 Å². The van der Waals surface area contributed by atoms with Gasteiger partial charge in [0, 0.05) is 0 Å². The predicted octanol–water partition coefficient (Wildman–Crippen LogP) is 4.61. The van der Waals surface area contributed by atoms with Gasteiger partial charge in [0.25, 0.3) is 5.91 Å². The zero-order valence-electron chi connectivity index (χ0n) is 18.6. The van der Waals surface area contributed by atoms with Gasteiger partial charge in [0.05, 0.1) is 6.54 Å². The van der Waals surface area contributed by atoms with E-state index in [1.807, 2.05) is 31.2 Å². The molecule has 1 fully saturated rings. The van der Waals surface area contributed by atoms with Crippen LogP contribution in [0, 0.1) is 0 Å². The Kier molecular flexibility index (Phi) is 6.68. The number of nitrogens with zero attached hydrogens (tertiary/aromatic N) is 1. The van der Waals surface area contributed by atoms with E-state index in [-0.39, 0.29) is 19.1 Å². The van der Waals surface area contributed by atoms with Gasteiger partial charge in [0.1, 0.15) is 30.3 Å². The minimum absolute atomic E-state index is 0.173. The molecular weight excluding hydrogens is 392 g/mol. The molecule has 6 nitrogen and oxygen atoms in total. The fourth-order valence-corrected chi connectivity index (χ4v) is 3.39. The second-order valence-corrected chi connectivity index (χ2v) is 8.35. The number of carbonyl (C=O) groups is 2. The lowest BCUT2D eigenvalue weighted by Crippen LogP contribution is -2.41. The monoisotopic (exact) mass is 422 g/mol. The van der Waals surface area contributed by atoms with Crippen LogP contribution in [0.5, 0.6) is 11.5 Å². The Morgan fingerprint density at radius 1 is 1.03 bits per heavy atom. The summed E-state index contributed by atoms with van der Waals surface area (Å²) in [5, 5.41) is 2.81. The van der Waals surface area contributed by atoms with Gasteiger partial charge in [-0.05, 0) is 60.7 Å². The topological polar surface area (TPSA) is 67.9 Å². The maximum atomic E-state index is 13.0. The first-order valence-electron chi connectivity index (χ1n) is 10.5. The molecule has 3 rings (SSSR count). The number of benzene rings is 2. The molecule has 0 saturated carbocycles. The van der Waals surface area contributed by atoms with Gasteiger partial charge in [0.2, 0.25) is 0 Å². The zero-order valence-corrected chi connectivity index (χ0v) is 18.6. The van der Waals surface area contributed by atoms with Gasteiger partial charge < -0.3 is 14.8 Å². The van der Waals surface area contributed by atoms with Gasteiger partial charge in [-0.15, -0.1) is 0 Å². The van der Waals surface area contributed by atoms with Gasteiger partial charge in [-0.1, -0.05) is 44.7 Å². The van der Waals surface area contributed by atoms with E-state index in [0.29, 0.717) is 29.6 Å². The van der Waals surface area contributed by atoms with E-state index in [1.54, 1.807) is 31.2 Å². The van der Waals surface area contributed by atoms with Crippen LogP contribution in [0.1, 0.15) is 44.7 Å². The number of amides is 3. The van der Waals surface area contributed by atoms with Crippen LogP contribution in [-0.4, -0.2) is 36.6 Å². The molecule has 2 aromatic carbocycles. The molecule has 1 aliphatic rings. The summed E-state index contributed by atoms with van der Waals surface area (Å²) in [6.45, 7) is 12.5. The molecule has 1 unspecified atom stereocenters. The number of carbonyl (C=O) groups excluding carboxylic acids is 2. The predicted molar refractivity (Wildman–Crippen MR) is 120 cm³/mol. The maximum Gasteiger partial charge on any atom is 0.325 e. The third-order valence-electron chi connectivity index (χ3n) is 5.32. The second kappa shape index (κ2) is 9.25. The highest BCUT2D eigenvalue weighted by molar-refractivity contribution is 6.07. The molecular formula is C25H30N2O4. The molecule has 1 heterocycles. The molecule has 1 atom stereocenters. The number of urea groups is 1. The zero-order chi connectivity index (χ0) is 22.6. The van der Waals surface area contributed by atoms with E-state index < -0.39 is 11.6 Å². The van der Waals surface area contributed by atoms with Crippen molar-refractivity contribution in [2.24, 2.45) is 0 Å². The van der Waals surface area contributed by atoms with Crippen molar-refractivity contribution in [3.05, 3.63) is 71.8 Å². The van der Waals surface area contributed by atoms with Crippen molar-refractivity contribution in [3.8, 4) is 11.5 Å². The number of hydrogen-bond acceptors (Lipinski definition) is 4. The highest BCUT2D eigenvalue weighted by Crippen LogP contribution is 2.30. The number of imide groups is 1. The molecule has 164 valence electrons. The van der Waals surface area contributed by atoms with Crippen molar-refractivity contribution < 1.29 is 19.1 Å². The normalized spacial score (nSPS) is 18.3. The summed E-state index contributed by atoms with van der Waals surface area (Å²) in [7, 11) is 0. The van der Waals surface area contributed by atoms with Gasteiger partial charge in [-0.2, -0.15) is 0 Å². The van der Waals surface area contributed by atoms with Crippen LogP contribution in [0.2, 0.25) is 0 Å². The van der Waals surface area contributed by atoms with Gasteiger partial charge >= 0.3 is 6.03 Å². The number of ether oxygens (including phenoxy) is 2. The summed E-state index contributed by atoms with van der Waals surface area (Å²) in [4.78, 5) is 26.7. The van der Waals surface area contributed by atoms with Crippen molar-refractivity contribution in [2.75, 3.05) is 19.8 Å². The molecule has 1 N–H and O–H groups in total. The Labute approximate surface area is 183 Å². The summed E-state index contributed by atoms with van der Waals surface area (Å²) in [6.07, 6.45) is 0. The fraction of sp³-hybridized carbons (Fsp3) is 0.360. The first-order valence-corrected chi connectivity index (χ1v) is 10.5. The number of nitrogens with one attached hydrogen (secondary N) is 1. The minimum atomic E-state index is -1.12. The van der Waals surface area contributed by atoms with Crippen molar-refractivity contribution in [1.29, 1.82) is 0 Å². The Bertz CT molecular complexity index is 950. The lowest BCUT2D eigenvalue weighted by atomic mass is 9.92. The molecule has 1 aliphatic heterocycles. The van der Waals surface area contributed by atoms with Crippen LogP contribution in [0.4, 0.5) is 4.79 Å². The quantitative estimate of drug-likeness (QED) is 0.473. The van der Waals surface area contributed by atoms with Crippen LogP contribution in [-0.2, 0) is 10.3 Å². The van der Waals surface area contributed by atoms with Crippen molar-refractivity contribution in [1.82, 2.24) is 10.2 Å². The standard InChI is InChI=1S/C25H30N2O4/c1-17(2)16-31-22-12-8-20(9-13-22)25(5)23(28)27(24(29)26-25)14-15-30-21-10-6-19(7-11-21)18(3)4/h6-13,18H,1,14-16H2,2-5H3,(H,26,29). The molecule has 0 aliphatic carbocycles. The molecule has 0 radical (unpaired) electrons. The van der Waals surface area contributed by atoms with E-state index in [2.05, 4.69) is 25.7 Å². The molecule has 0 aromatic heterocycles. The minimum Gasteiger partial charge on any atom is -0.492 e. The van der Waals surface area contributed by atoms with Crippen molar-refractivity contribution in [3.63, 3.8) is 0 Å². The van der Waals surface area contributed by atoms with E-state index >= 15 is 0 Å². The maximum absolute atomic E-state index is 13.0. The largest absolute Gasteiger partial charge is 0.492 e. The van der Waals surface area contributed by atoms with E-state index in [9.17, 15) is 9.59 Å². The van der Waals surface area contributed by atoms with Gasteiger partial charge in [-0.25, -0.2) is 4.79 Å².